The molecule has 2 nitrogen and oxygen atoms in total. The largest absolute Gasteiger partial charge is 0.507 e. The normalized spacial score (nSPS) is 12.4. The van der Waals surface area contributed by atoms with Crippen molar-refractivity contribution in [3.8, 4) is 5.75 Å². The first-order chi connectivity index (χ1) is 6.43. The summed E-state index contributed by atoms with van der Waals surface area (Å²) in [5, 5.41) is 9.41. The Kier molecular flexibility index (Phi) is 5.59. The zero-order valence-corrected chi connectivity index (χ0v) is 9.58. The van der Waals surface area contributed by atoms with Crippen LogP contribution in [0.25, 0.3) is 0 Å². The number of phenols is 1. The van der Waals surface area contributed by atoms with Crippen molar-refractivity contribution >= 4 is 35.6 Å². The molecule has 0 fully saturated rings. The predicted octanol–water partition coefficient (Wildman–Crippen LogP) is 3.39. The van der Waals surface area contributed by atoms with Crippen molar-refractivity contribution in [1.82, 2.24) is 0 Å². The number of hydrogen-bond acceptors (Lipinski definition) is 2. The number of phenolic OH excluding ortho intramolecular Hbond substituents is 1. The van der Waals surface area contributed by atoms with Gasteiger partial charge in [-0.25, -0.2) is 8.78 Å². The first-order valence-corrected chi connectivity index (χ1v) is 4.40. The molecule has 0 spiro atoms. The summed E-state index contributed by atoms with van der Waals surface area (Å²) >= 11 is 11.1. The van der Waals surface area contributed by atoms with Gasteiger partial charge >= 0.3 is 0 Å². The topological polar surface area (TPSA) is 46.2 Å². The zero-order valence-electron chi connectivity index (χ0n) is 7.25. The van der Waals surface area contributed by atoms with Crippen molar-refractivity contribution in [1.29, 1.82) is 0 Å². The summed E-state index contributed by atoms with van der Waals surface area (Å²) in [7, 11) is 0. The van der Waals surface area contributed by atoms with Gasteiger partial charge in [-0.15, -0.1) is 12.4 Å². The molecule has 1 aromatic carbocycles. The Hall–Kier alpha value is -0.290. The molecule has 0 aliphatic carbocycles. The molecule has 1 atom stereocenters. The van der Waals surface area contributed by atoms with Crippen LogP contribution in [-0.4, -0.2) is 11.5 Å². The minimum Gasteiger partial charge on any atom is -0.507 e. The van der Waals surface area contributed by atoms with Gasteiger partial charge in [-0.1, -0.05) is 23.2 Å². The Morgan fingerprint density at radius 1 is 1.27 bits per heavy atom. The molecule has 0 bridgehead atoms. The van der Waals surface area contributed by atoms with Crippen molar-refractivity contribution in [3.63, 3.8) is 0 Å². The second-order valence-corrected chi connectivity index (χ2v) is 3.52. The molecule has 15 heavy (non-hydrogen) atoms. The molecule has 3 N–H and O–H groups in total. The Morgan fingerprint density at radius 2 is 1.80 bits per heavy atom. The maximum atomic E-state index is 12.2. The number of rotatable bonds is 2. The monoisotopic (exact) mass is 277 g/mol. The third kappa shape index (κ3) is 3.34. The lowest BCUT2D eigenvalue weighted by atomic mass is 10.1. The number of alkyl halides is 2. The fraction of sp³-hybridized carbons (Fsp3) is 0.250. The summed E-state index contributed by atoms with van der Waals surface area (Å²) in [6.07, 6.45) is -2.79. The molecule has 0 heterocycles. The van der Waals surface area contributed by atoms with Gasteiger partial charge in [0.1, 0.15) is 5.75 Å². The SMILES string of the molecule is Cl.N[C@H](c1c(O)cc(Cl)cc1Cl)C(F)F. The maximum Gasteiger partial charge on any atom is 0.257 e. The predicted molar refractivity (Wildman–Crippen MR) is 58.3 cm³/mol. The Bertz CT molecular complexity index is 326. The third-order valence-corrected chi connectivity index (χ3v) is 2.21. The highest BCUT2D eigenvalue weighted by Gasteiger charge is 2.23. The van der Waals surface area contributed by atoms with E-state index >= 15 is 0 Å². The fourth-order valence-corrected chi connectivity index (χ4v) is 1.64. The average molecular weight is 279 g/mol. The van der Waals surface area contributed by atoms with Crippen LogP contribution in [0.1, 0.15) is 11.6 Å². The minimum atomic E-state index is -2.79. The highest BCUT2D eigenvalue weighted by Crippen LogP contribution is 2.35. The van der Waals surface area contributed by atoms with E-state index in [1.54, 1.807) is 0 Å². The van der Waals surface area contributed by atoms with Crippen LogP contribution in [0, 0.1) is 0 Å². The van der Waals surface area contributed by atoms with Crippen LogP contribution in [0.4, 0.5) is 8.78 Å². The molecule has 86 valence electrons. The number of hydrogen-bond donors (Lipinski definition) is 2. The second kappa shape index (κ2) is 5.70. The van der Waals surface area contributed by atoms with E-state index in [-0.39, 0.29) is 28.0 Å². The Balaban J connectivity index is 0.00000196. The van der Waals surface area contributed by atoms with Crippen molar-refractivity contribution in [2.24, 2.45) is 5.73 Å². The number of halogens is 5. The minimum absolute atomic E-state index is 0. The first-order valence-electron chi connectivity index (χ1n) is 3.65. The van der Waals surface area contributed by atoms with E-state index in [9.17, 15) is 13.9 Å². The van der Waals surface area contributed by atoms with Crippen LogP contribution in [0.3, 0.4) is 0 Å². The van der Waals surface area contributed by atoms with E-state index in [2.05, 4.69) is 0 Å². The molecule has 1 rings (SSSR count). The van der Waals surface area contributed by atoms with E-state index in [0.29, 0.717) is 0 Å². The van der Waals surface area contributed by atoms with Crippen molar-refractivity contribution in [2.75, 3.05) is 0 Å². The van der Waals surface area contributed by atoms with Crippen molar-refractivity contribution in [3.05, 3.63) is 27.7 Å². The summed E-state index contributed by atoms with van der Waals surface area (Å²) in [5.74, 6) is -0.421. The second-order valence-electron chi connectivity index (χ2n) is 2.68. The quantitative estimate of drug-likeness (QED) is 0.871. The number of aromatic hydroxyl groups is 1. The smallest absolute Gasteiger partial charge is 0.257 e. The third-order valence-electron chi connectivity index (χ3n) is 1.68. The van der Waals surface area contributed by atoms with Gasteiger partial charge in [-0.05, 0) is 12.1 Å². The molecule has 0 aromatic heterocycles. The summed E-state index contributed by atoms with van der Waals surface area (Å²) in [4.78, 5) is 0. The first kappa shape index (κ1) is 14.7. The molecule has 0 aliphatic heterocycles. The van der Waals surface area contributed by atoms with Gasteiger partial charge in [0.2, 0.25) is 0 Å². The van der Waals surface area contributed by atoms with E-state index in [1.807, 2.05) is 0 Å². The molecular formula is C8H8Cl3F2NO. The van der Waals surface area contributed by atoms with E-state index in [1.165, 1.54) is 6.07 Å². The van der Waals surface area contributed by atoms with E-state index in [0.717, 1.165) is 6.07 Å². The van der Waals surface area contributed by atoms with Crippen LogP contribution >= 0.6 is 35.6 Å². The average Bonchev–Trinajstić information content (AvgIpc) is 2.01. The number of nitrogens with two attached hydrogens (primary N) is 1. The molecule has 0 unspecified atom stereocenters. The van der Waals surface area contributed by atoms with Gasteiger partial charge in [0.15, 0.2) is 0 Å². The lowest BCUT2D eigenvalue weighted by molar-refractivity contribution is 0.115. The molecule has 0 aliphatic rings. The van der Waals surface area contributed by atoms with Gasteiger partial charge in [0.05, 0.1) is 11.1 Å². The molecule has 0 amide bonds. The van der Waals surface area contributed by atoms with Crippen molar-refractivity contribution in [2.45, 2.75) is 12.5 Å². The van der Waals surface area contributed by atoms with Gasteiger partial charge in [0, 0.05) is 10.6 Å². The zero-order chi connectivity index (χ0) is 10.9. The Morgan fingerprint density at radius 3 is 2.20 bits per heavy atom. The van der Waals surface area contributed by atoms with E-state index in [4.69, 9.17) is 28.9 Å². The molecule has 1 aromatic rings. The summed E-state index contributed by atoms with van der Waals surface area (Å²) in [5.41, 5.74) is 4.96. The maximum absolute atomic E-state index is 12.2. The molecule has 0 radical (unpaired) electrons. The van der Waals surface area contributed by atoms with Gasteiger partial charge < -0.3 is 10.8 Å². The van der Waals surface area contributed by atoms with Crippen LogP contribution in [0.2, 0.25) is 10.0 Å². The lowest BCUT2D eigenvalue weighted by Crippen LogP contribution is -2.19. The number of benzene rings is 1. The van der Waals surface area contributed by atoms with Crippen LogP contribution in [-0.2, 0) is 0 Å². The van der Waals surface area contributed by atoms with Gasteiger partial charge in [-0.3, -0.25) is 0 Å². The van der Waals surface area contributed by atoms with Crippen LogP contribution < -0.4 is 5.73 Å². The van der Waals surface area contributed by atoms with Gasteiger partial charge in [0.25, 0.3) is 6.43 Å². The highest BCUT2D eigenvalue weighted by molar-refractivity contribution is 6.35. The summed E-state index contributed by atoms with van der Waals surface area (Å²) in [6, 6.07) is 0.755. The Labute approximate surface area is 101 Å². The summed E-state index contributed by atoms with van der Waals surface area (Å²) < 4.78 is 24.5. The van der Waals surface area contributed by atoms with E-state index < -0.39 is 18.2 Å². The summed E-state index contributed by atoms with van der Waals surface area (Å²) in [6.45, 7) is 0. The fourth-order valence-electron chi connectivity index (χ4n) is 1.03. The standard InChI is InChI=1S/C8H7Cl2F2NO.ClH/c9-3-1-4(10)6(5(14)2-3)7(13)8(11)12;/h1-2,7-8,14H,13H2;1H/t7-;/m1./s1. The molecule has 0 saturated heterocycles. The lowest BCUT2D eigenvalue weighted by Gasteiger charge is -2.14. The van der Waals surface area contributed by atoms with Crippen molar-refractivity contribution < 1.29 is 13.9 Å². The van der Waals surface area contributed by atoms with Crippen LogP contribution in [0.5, 0.6) is 5.75 Å². The van der Waals surface area contributed by atoms with Gasteiger partial charge in [-0.2, -0.15) is 0 Å². The molecular weight excluding hydrogens is 270 g/mol. The molecule has 0 saturated carbocycles. The molecule has 7 heteroatoms. The van der Waals surface area contributed by atoms with Crippen LogP contribution in [0.15, 0.2) is 12.1 Å². The highest BCUT2D eigenvalue weighted by atomic mass is 35.5.